The zero-order valence-electron chi connectivity index (χ0n) is 13.7. The number of nitrogens with zero attached hydrogens (tertiary/aromatic N) is 2. The average molecular weight is 481 g/mol. The van der Waals surface area contributed by atoms with Crippen LogP contribution in [-0.4, -0.2) is 22.6 Å². The largest absolute Gasteiger partial charge is 0.333 e. The van der Waals surface area contributed by atoms with Crippen LogP contribution in [0.1, 0.15) is 5.56 Å². The lowest BCUT2D eigenvalue weighted by atomic mass is 10.0. The monoisotopic (exact) mass is 479 g/mol. The Labute approximate surface area is 179 Å². The highest BCUT2D eigenvalue weighted by Gasteiger charge is 2.30. The summed E-state index contributed by atoms with van der Waals surface area (Å²) in [5.74, 6) is -0.224. The number of rotatable bonds is 2. The van der Waals surface area contributed by atoms with Crippen LogP contribution in [-0.2, 0) is 4.79 Å². The number of halogens is 3. The second-order valence-electron chi connectivity index (χ2n) is 5.72. The van der Waals surface area contributed by atoms with Gasteiger partial charge in [0.2, 0.25) is 0 Å². The van der Waals surface area contributed by atoms with Crippen molar-refractivity contribution >= 4 is 67.4 Å². The topological polar surface area (TPSA) is 44.7 Å². The van der Waals surface area contributed by atoms with E-state index in [1.807, 2.05) is 36.4 Å². The number of hydrogen-bond acceptors (Lipinski definition) is 4. The fraction of sp³-hybridized carbons (Fsp3) is 0.0526. The van der Waals surface area contributed by atoms with Gasteiger partial charge in [0.1, 0.15) is 11.7 Å². The lowest BCUT2D eigenvalue weighted by molar-refractivity contribution is -0.116. The molecule has 0 fully saturated rings. The lowest BCUT2D eigenvalue weighted by Crippen LogP contribution is -2.42. The Morgan fingerprint density at radius 2 is 1.81 bits per heavy atom. The molecule has 27 heavy (non-hydrogen) atoms. The van der Waals surface area contributed by atoms with Gasteiger partial charge in [0.15, 0.2) is 0 Å². The second kappa shape index (κ2) is 7.72. The summed E-state index contributed by atoms with van der Waals surface area (Å²) >= 11 is 17.7. The molecule has 0 bridgehead atoms. The Hall–Kier alpha value is -1.73. The van der Waals surface area contributed by atoms with E-state index in [-0.39, 0.29) is 12.6 Å². The maximum atomic E-state index is 12.6. The smallest absolute Gasteiger partial charge is 0.255 e. The third-order valence-corrected chi connectivity index (χ3v) is 6.60. The highest BCUT2D eigenvalue weighted by Crippen LogP contribution is 2.37. The predicted molar refractivity (Wildman–Crippen MR) is 115 cm³/mol. The molecule has 0 saturated heterocycles. The summed E-state index contributed by atoms with van der Waals surface area (Å²) in [4.78, 5) is 13.6. The van der Waals surface area contributed by atoms with Gasteiger partial charge in [-0.25, -0.2) is 5.01 Å². The van der Waals surface area contributed by atoms with E-state index in [0.29, 0.717) is 26.9 Å². The molecular formula is C19H12BrCl2N3OS. The molecule has 136 valence electrons. The molecule has 1 N–H and O–H groups in total. The Morgan fingerprint density at radius 1 is 1.07 bits per heavy atom. The summed E-state index contributed by atoms with van der Waals surface area (Å²) in [5.41, 5.74) is 1.60. The first-order valence-electron chi connectivity index (χ1n) is 7.98. The maximum absolute atomic E-state index is 12.6. The zero-order chi connectivity index (χ0) is 19.0. The van der Waals surface area contributed by atoms with Crippen molar-refractivity contribution in [2.45, 2.75) is 4.90 Å². The van der Waals surface area contributed by atoms with Gasteiger partial charge in [-0.15, -0.1) is 0 Å². The lowest BCUT2D eigenvalue weighted by Gasteiger charge is -2.31. The molecule has 0 aromatic heterocycles. The highest BCUT2D eigenvalue weighted by atomic mass is 79.9. The number of carbonyl (C=O) groups is 1. The van der Waals surface area contributed by atoms with E-state index in [1.54, 1.807) is 23.2 Å². The van der Waals surface area contributed by atoms with Crippen molar-refractivity contribution in [2.75, 3.05) is 6.67 Å². The third-order valence-electron chi connectivity index (χ3n) is 4.02. The molecular weight excluding hydrogens is 469 g/mol. The van der Waals surface area contributed by atoms with E-state index >= 15 is 0 Å². The molecule has 2 heterocycles. The molecule has 0 aliphatic carbocycles. The second-order valence-corrected chi connectivity index (χ2v) is 8.46. The number of hydrogen-bond donors (Lipinski definition) is 1. The van der Waals surface area contributed by atoms with Gasteiger partial charge in [-0.1, -0.05) is 53.2 Å². The maximum Gasteiger partial charge on any atom is 0.255 e. The minimum absolute atomic E-state index is 0.224. The van der Waals surface area contributed by atoms with Gasteiger partial charge in [-0.2, -0.15) is 5.10 Å². The summed E-state index contributed by atoms with van der Waals surface area (Å²) in [5, 5.41) is 10.9. The van der Waals surface area contributed by atoms with Gasteiger partial charge in [0, 0.05) is 14.9 Å². The first-order chi connectivity index (χ1) is 13.0. The SMILES string of the molecule is O=C1NCN2N=C(Sc3ccccc3Br)C=CC2=C1c1c(Cl)cccc1Cl. The zero-order valence-corrected chi connectivity index (χ0v) is 17.7. The molecule has 0 saturated carbocycles. The van der Waals surface area contributed by atoms with Crippen molar-refractivity contribution in [3.8, 4) is 0 Å². The molecule has 0 unspecified atom stereocenters. The number of fused-ring (bicyclic) bond motifs is 1. The molecule has 0 radical (unpaired) electrons. The Bertz CT molecular complexity index is 1020. The van der Waals surface area contributed by atoms with E-state index < -0.39 is 0 Å². The molecule has 2 aromatic carbocycles. The van der Waals surface area contributed by atoms with Crippen molar-refractivity contribution in [3.63, 3.8) is 0 Å². The molecule has 8 heteroatoms. The first kappa shape index (κ1) is 18.6. The summed E-state index contributed by atoms with van der Waals surface area (Å²) in [6.45, 7) is 0.282. The normalized spacial score (nSPS) is 16.2. The third kappa shape index (κ3) is 3.67. The van der Waals surface area contributed by atoms with Crippen LogP contribution in [0.5, 0.6) is 0 Å². The van der Waals surface area contributed by atoms with Crippen molar-refractivity contribution in [2.24, 2.45) is 5.10 Å². The van der Waals surface area contributed by atoms with Gasteiger partial charge in [0.25, 0.3) is 5.91 Å². The van der Waals surface area contributed by atoms with Crippen LogP contribution in [0.25, 0.3) is 5.57 Å². The van der Waals surface area contributed by atoms with E-state index in [0.717, 1.165) is 14.4 Å². The van der Waals surface area contributed by atoms with Gasteiger partial charge < -0.3 is 5.32 Å². The highest BCUT2D eigenvalue weighted by molar-refractivity contribution is 9.10. The Morgan fingerprint density at radius 3 is 2.56 bits per heavy atom. The average Bonchev–Trinajstić information content (AvgIpc) is 2.65. The molecule has 4 nitrogen and oxygen atoms in total. The molecule has 2 aliphatic rings. The van der Waals surface area contributed by atoms with Crippen molar-refractivity contribution in [1.82, 2.24) is 10.3 Å². The number of nitrogens with one attached hydrogen (secondary N) is 1. The van der Waals surface area contributed by atoms with Gasteiger partial charge in [0.05, 0.1) is 21.3 Å². The summed E-state index contributed by atoms with van der Waals surface area (Å²) in [7, 11) is 0. The predicted octanol–water partition coefficient (Wildman–Crippen LogP) is 5.53. The standard InChI is InChI=1S/C19H12BrCl2N3OS/c20-11-4-1-2-7-15(11)27-16-9-8-14-18(19(26)23-10-25(14)24-16)17-12(21)5-3-6-13(17)22/h1-9H,10H2,(H,23,26). The molecule has 2 aromatic rings. The van der Waals surface area contributed by atoms with Crippen LogP contribution in [0, 0.1) is 0 Å². The molecule has 0 spiro atoms. The van der Waals surface area contributed by atoms with E-state index in [4.69, 9.17) is 23.2 Å². The van der Waals surface area contributed by atoms with Gasteiger partial charge in [-0.05, 0) is 52.3 Å². The van der Waals surface area contributed by atoms with Crippen molar-refractivity contribution < 1.29 is 4.79 Å². The number of benzene rings is 2. The molecule has 1 amide bonds. The van der Waals surface area contributed by atoms with Crippen molar-refractivity contribution in [3.05, 3.63) is 80.4 Å². The Kier molecular flexibility index (Phi) is 5.32. The molecule has 4 rings (SSSR count). The number of carbonyl (C=O) groups excluding carboxylic acids is 1. The van der Waals surface area contributed by atoms with E-state index in [2.05, 4.69) is 26.3 Å². The molecule has 2 aliphatic heterocycles. The van der Waals surface area contributed by atoms with Crippen LogP contribution in [0.4, 0.5) is 0 Å². The van der Waals surface area contributed by atoms with Crippen LogP contribution < -0.4 is 5.32 Å². The molecule has 0 atom stereocenters. The van der Waals surface area contributed by atoms with E-state index in [9.17, 15) is 4.79 Å². The Balaban J connectivity index is 1.73. The minimum atomic E-state index is -0.224. The quantitative estimate of drug-likeness (QED) is 0.614. The van der Waals surface area contributed by atoms with Crippen LogP contribution in [0.15, 0.2) is 74.8 Å². The van der Waals surface area contributed by atoms with Crippen molar-refractivity contribution in [1.29, 1.82) is 0 Å². The van der Waals surface area contributed by atoms with Crippen LogP contribution >= 0.6 is 50.9 Å². The van der Waals surface area contributed by atoms with Crippen LogP contribution in [0.2, 0.25) is 10.0 Å². The fourth-order valence-corrected chi connectivity index (χ4v) is 4.73. The van der Waals surface area contributed by atoms with E-state index in [1.165, 1.54) is 11.8 Å². The fourth-order valence-electron chi connectivity index (χ4n) is 2.80. The first-order valence-corrected chi connectivity index (χ1v) is 10.3. The number of allylic oxidation sites excluding steroid dienone is 1. The minimum Gasteiger partial charge on any atom is -0.333 e. The summed E-state index contributed by atoms with van der Waals surface area (Å²) < 4.78 is 1.00. The number of thioether (sulfide) groups is 1. The van der Waals surface area contributed by atoms with Crippen LogP contribution in [0.3, 0.4) is 0 Å². The summed E-state index contributed by atoms with van der Waals surface area (Å²) in [6.07, 6.45) is 3.76. The van der Waals surface area contributed by atoms with Gasteiger partial charge in [-0.3, -0.25) is 4.79 Å². The number of hydrazone groups is 1. The van der Waals surface area contributed by atoms with Gasteiger partial charge >= 0.3 is 0 Å². The number of amides is 1. The summed E-state index contributed by atoms with van der Waals surface area (Å²) in [6, 6.07) is 13.1.